The van der Waals surface area contributed by atoms with Crippen molar-refractivity contribution in [2.75, 3.05) is 10.2 Å². The summed E-state index contributed by atoms with van der Waals surface area (Å²) in [5, 5.41) is 17.6. The van der Waals surface area contributed by atoms with Gasteiger partial charge < -0.3 is 15.7 Å². The lowest BCUT2D eigenvalue weighted by atomic mass is 9.94. The molecule has 1 unspecified atom stereocenters. The van der Waals surface area contributed by atoms with Gasteiger partial charge >= 0.3 is 6.03 Å². The molecule has 0 radical (unpaired) electrons. The molecule has 1 heterocycles. The largest absolute Gasteiger partial charge is 0.359 e. The lowest BCUT2D eigenvalue weighted by molar-refractivity contribution is -0.140. The van der Waals surface area contributed by atoms with Gasteiger partial charge in [-0.15, -0.1) is 0 Å². The smallest absolute Gasteiger partial charge is 0.329 e. The van der Waals surface area contributed by atoms with Gasteiger partial charge in [-0.25, -0.2) is 4.79 Å². The first-order valence-corrected chi connectivity index (χ1v) is 9.39. The second kappa shape index (κ2) is 7.58. The van der Waals surface area contributed by atoms with E-state index in [2.05, 4.69) is 10.6 Å². The Morgan fingerprint density at radius 1 is 1.00 bits per heavy atom. The number of anilines is 2. The zero-order valence-corrected chi connectivity index (χ0v) is 16.1. The Morgan fingerprint density at radius 3 is 2.41 bits per heavy atom. The molecule has 0 fully saturated rings. The van der Waals surface area contributed by atoms with E-state index >= 15 is 0 Å². The van der Waals surface area contributed by atoms with Gasteiger partial charge in [0.05, 0.1) is 5.69 Å². The van der Waals surface area contributed by atoms with Gasteiger partial charge in [0, 0.05) is 22.8 Å². The fourth-order valence-corrected chi connectivity index (χ4v) is 3.58. The fourth-order valence-electron chi connectivity index (χ4n) is 3.38. The summed E-state index contributed by atoms with van der Waals surface area (Å²) in [7, 11) is 0. The second-order valence-corrected chi connectivity index (χ2v) is 7.00. The van der Waals surface area contributed by atoms with Gasteiger partial charge in [-0.05, 0) is 29.8 Å². The minimum absolute atomic E-state index is 0.104. The molecule has 3 aromatic rings. The van der Waals surface area contributed by atoms with Gasteiger partial charge in [0.25, 0.3) is 11.6 Å². The molecule has 0 saturated carbocycles. The monoisotopic (exact) mass is 407 g/mol. The molecule has 0 saturated heterocycles. The van der Waals surface area contributed by atoms with E-state index in [1.165, 1.54) is 0 Å². The molecule has 4 rings (SSSR count). The summed E-state index contributed by atoms with van der Waals surface area (Å²) in [5.41, 5.74) is -0.498. The number of para-hydroxylation sites is 2. The van der Waals surface area contributed by atoms with Crippen LogP contribution in [-0.4, -0.2) is 17.0 Å². The average molecular weight is 408 g/mol. The Labute approximate surface area is 172 Å². The molecule has 0 spiro atoms. The Morgan fingerprint density at radius 2 is 1.66 bits per heavy atom. The highest BCUT2D eigenvalue weighted by Gasteiger charge is 2.51. The van der Waals surface area contributed by atoms with E-state index < -0.39 is 17.7 Å². The minimum atomic E-state index is -2.23. The standard InChI is InChI=1S/C22H18ClN3O3/c23-18-12-6-4-8-15(18)14-24-20(27)22(29)17-11-5-7-13-19(17)25-21(28)26(22)16-9-2-1-3-10-16/h1-13,29H,14H2,(H,24,27)(H,25,28). The Hall–Kier alpha value is -3.35. The molecule has 0 bridgehead atoms. The van der Waals surface area contributed by atoms with Gasteiger partial charge in [-0.2, -0.15) is 0 Å². The first kappa shape index (κ1) is 19.0. The van der Waals surface area contributed by atoms with Gasteiger partial charge in [0.2, 0.25) is 0 Å². The predicted octanol–water partition coefficient (Wildman–Crippen LogP) is 3.85. The molecule has 146 valence electrons. The number of urea groups is 1. The number of amides is 3. The zero-order valence-electron chi connectivity index (χ0n) is 15.3. The molecule has 3 N–H and O–H groups in total. The molecule has 1 aliphatic heterocycles. The van der Waals surface area contributed by atoms with Crippen molar-refractivity contribution in [3.05, 3.63) is 95.0 Å². The summed E-state index contributed by atoms with van der Waals surface area (Å²) < 4.78 is 0. The van der Waals surface area contributed by atoms with Crippen LogP contribution in [0.1, 0.15) is 11.1 Å². The highest BCUT2D eigenvalue weighted by molar-refractivity contribution is 6.31. The number of hydrogen-bond donors (Lipinski definition) is 3. The molecule has 6 nitrogen and oxygen atoms in total. The van der Waals surface area contributed by atoms with Crippen LogP contribution in [0.2, 0.25) is 5.02 Å². The third-order valence-corrected chi connectivity index (χ3v) is 5.17. The van der Waals surface area contributed by atoms with Crippen LogP contribution in [-0.2, 0) is 17.1 Å². The maximum Gasteiger partial charge on any atom is 0.329 e. The molecule has 7 heteroatoms. The Balaban J connectivity index is 1.75. The number of hydrogen-bond acceptors (Lipinski definition) is 3. The number of rotatable bonds is 4. The molecule has 1 atom stereocenters. The van der Waals surface area contributed by atoms with Crippen LogP contribution in [0.15, 0.2) is 78.9 Å². The van der Waals surface area contributed by atoms with Crippen molar-refractivity contribution in [3.63, 3.8) is 0 Å². The maximum atomic E-state index is 13.3. The van der Waals surface area contributed by atoms with E-state index in [4.69, 9.17) is 11.6 Å². The number of aliphatic hydroxyl groups is 1. The normalized spacial score (nSPS) is 18.0. The second-order valence-electron chi connectivity index (χ2n) is 6.59. The maximum absolute atomic E-state index is 13.3. The van der Waals surface area contributed by atoms with Crippen molar-refractivity contribution in [3.8, 4) is 0 Å². The van der Waals surface area contributed by atoms with Crippen molar-refractivity contribution in [2.45, 2.75) is 12.3 Å². The van der Waals surface area contributed by atoms with Gasteiger partial charge in [-0.3, -0.25) is 9.69 Å². The zero-order chi connectivity index (χ0) is 20.4. The number of nitrogens with zero attached hydrogens (tertiary/aromatic N) is 1. The highest BCUT2D eigenvalue weighted by Crippen LogP contribution is 2.39. The average Bonchev–Trinajstić information content (AvgIpc) is 2.73. The number of halogens is 1. The summed E-state index contributed by atoms with van der Waals surface area (Å²) in [6, 6.07) is 21.7. The van der Waals surface area contributed by atoms with E-state index in [0.29, 0.717) is 22.0 Å². The van der Waals surface area contributed by atoms with Gasteiger partial charge in [-0.1, -0.05) is 66.2 Å². The number of fused-ring (bicyclic) bond motifs is 1. The lowest BCUT2D eigenvalue weighted by Crippen LogP contribution is -2.62. The molecule has 3 aromatic carbocycles. The van der Waals surface area contributed by atoms with Crippen LogP contribution in [0.4, 0.5) is 16.2 Å². The van der Waals surface area contributed by atoms with Crippen molar-refractivity contribution in [2.24, 2.45) is 0 Å². The van der Waals surface area contributed by atoms with Crippen molar-refractivity contribution >= 4 is 34.9 Å². The van der Waals surface area contributed by atoms with Gasteiger partial charge in [0.15, 0.2) is 0 Å². The molecule has 0 aliphatic carbocycles. The number of carbonyl (C=O) groups excluding carboxylic acids is 2. The topological polar surface area (TPSA) is 81.7 Å². The van der Waals surface area contributed by atoms with Crippen LogP contribution in [0.25, 0.3) is 0 Å². The highest BCUT2D eigenvalue weighted by atomic mass is 35.5. The van der Waals surface area contributed by atoms with E-state index in [0.717, 1.165) is 4.90 Å². The number of benzene rings is 3. The molecular weight excluding hydrogens is 390 g/mol. The minimum Gasteiger partial charge on any atom is -0.359 e. The molecule has 3 amide bonds. The first-order valence-electron chi connectivity index (χ1n) is 9.01. The summed E-state index contributed by atoms with van der Waals surface area (Å²) in [6.07, 6.45) is 0. The van der Waals surface area contributed by atoms with Crippen molar-refractivity contribution in [1.82, 2.24) is 5.32 Å². The van der Waals surface area contributed by atoms with Gasteiger partial charge in [0.1, 0.15) is 0 Å². The summed E-state index contributed by atoms with van der Waals surface area (Å²) >= 11 is 6.17. The van der Waals surface area contributed by atoms with E-state index in [1.54, 1.807) is 72.8 Å². The van der Waals surface area contributed by atoms with E-state index in [9.17, 15) is 14.7 Å². The van der Waals surface area contributed by atoms with Crippen LogP contribution in [0, 0.1) is 0 Å². The van der Waals surface area contributed by atoms with Crippen molar-refractivity contribution < 1.29 is 14.7 Å². The predicted molar refractivity (Wildman–Crippen MR) is 112 cm³/mol. The van der Waals surface area contributed by atoms with Crippen molar-refractivity contribution in [1.29, 1.82) is 0 Å². The van der Waals surface area contributed by atoms with Crippen LogP contribution < -0.4 is 15.5 Å². The number of carbonyl (C=O) groups is 2. The first-order chi connectivity index (χ1) is 14.0. The molecular formula is C22H18ClN3O3. The Bertz CT molecular complexity index is 1070. The third-order valence-electron chi connectivity index (χ3n) is 4.80. The number of nitrogens with one attached hydrogen (secondary N) is 2. The third kappa shape index (κ3) is 3.33. The van der Waals surface area contributed by atoms with Crippen LogP contribution >= 0.6 is 11.6 Å². The van der Waals surface area contributed by atoms with Crippen LogP contribution in [0.3, 0.4) is 0 Å². The summed E-state index contributed by atoms with van der Waals surface area (Å²) in [5.74, 6) is -0.733. The fraction of sp³-hybridized carbons (Fsp3) is 0.0909. The molecule has 29 heavy (non-hydrogen) atoms. The summed E-state index contributed by atoms with van der Waals surface area (Å²) in [4.78, 5) is 27.2. The van der Waals surface area contributed by atoms with E-state index in [-0.39, 0.29) is 12.1 Å². The van der Waals surface area contributed by atoms with E-state index in [1.807, 2.05) is 6.07 Å². The quantitative estimate of drug-likeness (QED) is 0.614. The van der Waals surface area contributed by atoms with Crippen LogP contribution in [0.5, 0.6) is 0 Å². The molecule has 0 aromatic heterocycles. The summed E-state index contributed by atoms with van der Waals surface area (Å²) in [6.45, 7) is 0.104. The molecule has 1 aliphatic rings. The Kier molecular flexibility index (Phi) is 4.96. The SMILES string of the molecule is O=C1Nc2ccccc2C(O)(C(=O)NCc2ccccc2Cl)N1c1ccccc1. The lowest BCUT2D eigenvalue weighted by Gasteiger charge is -2.42.